The molecule has 2 aliphatic rings. The van der Waals surface area contributed by atoms with Gasteiger partial charge in [-0.1, -0.05) is 18.2 Å². The summed E-state index contributed by atoms with van der Waals surface area (Å²) in [4.78, 5) is 11.9. The van der Waals surface area contributed by atoms with Crippen LogP contribution in [0.3, 0.4) is 0 Å². The number of aliphatic hydroxyl groups excluding tert-OH is 1. The first-order valence-electron chi connectivity index (χ1n) is 13.0. The fraction of sp³-hybridized carbons (Fsp3) is 0.429. The molecule has 4 heterocycles. The monoisotopic (exact) mass is 483 g/mol. The maximum atomic E-state index is 9.76. The summed E-state index contributed by atoms with van der Waals surface area (Å²) < 4.78 is 3.94. The SMILES string of the molecule is Cn1cc(-c2cccc(-c3ncc(-c4cnn(C5CCCC(N6CCC[C@@H]6CO)C5)c4)cn3)c2)cn1. The third kappa shape index (κ3) is 4.58. The van der Waals surface area contributed by atoms with Crippen LogP contribution in [-0.4, -0.2) is 64.8 Å². The standard InChI is InChI=1S/C28H33N7O/c1-33-17-23(15-31-33)20-5-2-6-21(11-20)28-29-13-22(14-30-28)24-16-32-35(18-24)26-8-3-7-25(12-26)34-10-4-9-27(34)19-36/h2,5-6,11,13-18,25-27,36H,3-4,7-10,12,19H2,1H3/t25?,26?,27-/m1/s1. The normalized spacial score (nSPS) is 22.8. The first-order chi connectivity index (χ1) is 17.7. The summed E-state index contributed by atoms with van der Waals surface area (Å²) in [6, 6.07) is 9.52. The topological polar surface area (TPSA) is 84.9 Å². The molecule has 3 aromatic heterocycles. The molecule has 1 N–H and O–H groups in total. The molecule has 1 aliphatic carbocycles. The molecule has 2 unspecified atom stereocenters. The van der Waals surface area contributed by atoms with Crippen LogP contribution in [-0.2, 0) is 7.05 Å². The van der Waals surface area contributed by atoms with Gasteiger partial charge in [-0.15, -0.1) is 0 Å². The van der Waals surface area contributed by atoms with Crippen molar-refractivity contribution >= 4 is 0 Å². The Labute approximate surface area is 211 Å². The van der Waals surface area contributed by atoms with E-state index in [4.69, 9.17) is 5.10 Å². The molecule has 0 amide bonds. The molecule has 186 valence electrons. The lowest BCUT2D eigenvalue weighted by atomic mass is 9.89. The van der Waals surface area contributed by atoms with Crippen molar-refractivity contribution in [2.24, 2.45) is 7.05 Å². The zero-order valence-electron chi connectivity index (χ0n) is 20.7. The van der Waals surface area contributed by atoms with Crippen molar-refractivity contribution in [2.45, 2.75) is 56.7 Å². The van der Waals surface area contributed by atoms with E-state index >= 15 is 0 Å². The summed E-state index contributed by atoms with van der Waals surface area (Å²) >= 11 is 0. The molecular weight excluding hydrogens is 450 g/mol. The number of nitrogens with zero attached hydrogens (tertiary/aromatic N) is 7. The molecule has 6 rings (SSSR count). The van der Waals surface area contributed by atoms with Gasteiger partial charge < -0.3 is 5.11 Å². The highest BCUT2D eigenvalue weighted by Crippen LogP contribution is 2.35. The van der Waals surface area contributed by atoms with Crippen molar-refractivity contribution in [1.82, 2.24) is 34.4 Å². The number of aryl methyl sites for hydroxylation is 1. The summed E-state index contributed by atoms with van der Waals surface area (Å²) in [6.07, 6.45) is 18.7. The van der Waals surface area contributed by atoms with E-state index in [1.165, 1.54) is 19.3 Å². The minimum absolute atomic E-state index is 0.275. The van der Waals surface area contributed by atoms with Crippen LogP contribution in [0.1, 0.15) is 44.6 Å². The largest absolute Gasteiger partial charge is 0.395 e. The third-order valence-corrected chi connectivity index (χ3v) is 7.84. The van der Waals surface area contributed by atoms with Gasteiger partial charge in [-0.25, -0.2) is 9.97 Å². The van der Waals surface area contributed by atoms with E-state index in [9.17, 15) is 5.11 Å². The van der Waals surface area contributed by atoms with E-state index in [2.05, 4.69) is 43.0 Å². The van der Waals surface area contributed by atoms with Gasteiger partial charge in [0, 0.05) is 66.2 Å². The molecule has 0 spiro atoms. The van der Waals surface area contributed by atoms with Crippen molar-refractivity contribution < 1.29 is 5.11 Å². The second-order valence-electron chi connectivity index (χ2n) is 10.2. The van der Waals surface area contributed by atoms with Crippen molar-refractivity contribution in [3.05, 3.63) is 61.4 Å². The minimum atomic E-state index is 0.275. The Balaban J connectivity index is 1.16. The highest BCUT2D eigenvalue weighted by atomic mass is 16.3. The molecular formula is C28H33N7O. The molecule has 3 atom stereocenters. The summed E-state index contributed by atoms with van der Waals surface area (Å²) in [5.41, 5.74) is 5.17. The van der Waals surface area contributed by atoms with Gasteiger partial charge in [0.15, 0.2) is 5.82 Å². The van der Waals surface area contributed by atoms with Crippen molar-refractivity contribution in [1.29, 1.82) is 0 Å². The summed E-state index contributed by atoms with van der Waals surface area (Å²) in [5.74, 6) is 0.705. The maximum absolute atomic E-state index is 9.76. The van der Waals surface area contributed by atoms with Crippen LogP contribution in [0.4, 0.5) is 0 Å². The van der Waals surface area contributed by atoms with Crippen LogP contribution in [0.15, 0.2) is 61.4 Å². The van der Waals surface area contributed by atoms with Gasteiger partial charge in [0.2, 0.25) is 0 Å². The van der Waals surface area contributed by atoms with Gasteiger partial charge in [-0.3, -0.25) is 14.3 Å². The number of aliphatic hydroxyl groups is 1. The second-order valence-corrected chi connectivity index (χ2v) is 10.2. The van der Waals surface area contributed by atoms with E-state index in [1.54, 1.807) is 4.68 Å². The molecule has 2 fully saturated rings. The smallest absolute Gasteiger partial charge is 0.159 e. The van der Waals surface area contributed by atoms with Crippen LogP contribution in [0, 0.1) is 0 Å². The number of likely N-dealkylation sites (tertiary alicyclic amines) is 1. The Morgan fingerprint density at radius 1 is 0.833 bits per heavy atom. The first kappa shape index (κ1) is 23.1. The predicted octanol–water partition coefficient (Wildman–Crippen LogP) is 4.35. The molecule has 8 heteroatoms. The quantitative estimate of drug-likeness (QED) is 0.439. The summed E-state index contributed by atoms with van der Waals surface area (Å²) in [6.45, 7) is 1.39. The summed E-state index contributed by atoms with van der Waals surface area (Å²) in [5, 5.41) is 18.8. The van der Waals surface area contributed by atoms with Crippen LogP contribution in [0.2, 0.25) is 0 Å². The van der Waals surface area contributed by atoms with Crippen molar-refractivity contribution in [3.8, 4) is 33.6 Å². The second kappa shape index (κ2) is 9.95. The number of benzene rings is 1. The lowest BCUT2D eigenvalue weighted by Gasteiger charge is -2.38. The average molecular weight is 484 g/mol. The van der Waals surface area contributed by atoms with Crippen LogP contribution in [0.5, 0.6) is 0 Å². The van der Waals surface area contributed by atoms with Crippen LogP contribution < -0.4 is 0 Å². The number of rotatable bonds is 6. The predicted molar refractivity (Wildman–Crippen MR) is 139 cm³/mol. The van der Waals surface area contributed by atoms with E-state index in [1.807, 2.05) is 50.2 Å². The fourth-order valence-electron chi connectivity index (χ4n) is 5.94. The highest BCUT2D eigenvalue weighted by molar-refractivity contribution is 5.70. The number of hydrogen-bond donors (Lipinski definition) is 1. The van der Waals surface area contributed by atoms with Gasteiger partial charge in [0.1, 0.15) is 0 Å². The number of aromatic nitrogens is 6. The molecule has 0 radical (unpaired) electrons. The van der Waals surface area contributed by atoms with Crippen molar-refractivity contribution in [2.75, 3.05) is 13.2 Å². The zero-order chi connectivity index (χ0) is 24.5. The summed E-state index contributed by atoms with van der Waals surface area (Å²) in [7, 11) is 1.92. The number of hydrogen-bond acceptors (Lipinski definition) is 6. The average Bonchev–Trinajstić information content (AvgIpc) is 3.70. The fourth-order valence-corrected chi connectivity index (χ4v) is 5.94. The third-order valence-electron chi connectivity index (χ3n) is 7.84. The van der Waals surface area contributed by atoms with E-state index < -0.39 is 0 Å². The Hall–Kier alpha value is -3.36. The lowest BCUT2D eigenvalue weighted by Crippen LogP contribution is -2.43. The van der Waals surface area contributed by atoms with Gasteiger partial charge in [0.25, 0.3) is 0 Å². The van der Waals surface area contributed by atoms with Gasteiger partial charge in [0.05, 0.1) is 25.0 Å². The van der Waals surface area contributed by atoms with E-state index in [0.29, 0.717) is 23.9 Å². The lowest BCUT2D eigenvalue weighted by molar-refractivity contribution is 0.0828. The molecule has 0 bridgehead atoms. The molecule has 1 aliphatic heterocycles. The van der Waals surface area contributed by atoms with Crippen LogP contribution in [0.25, 0.3) is 33.6 Å². The zero-order valence-corrected chi connectivity index (χ0v) is 20.7. The first-order valence-corrected chi connectivity index (χ1v) is 13.0. The Morgan fingerprint density at radius 2 is 1.61 bits per heavy atom. The van der Waals surface area contributed by atoms with E-state index in [0.717, 1.165) is 53.6 Å². The minimum Gasteiger partial charge on any atom is -0.395 e. The van der Waals surface area contributed by atoms with Gasteiger partial charge in [-0.05, 0) is 56.7 Å². The molecule has 1 aromatic carbocycles. The van der Waals surface area contributed by atoms with Gasteiger partial charge >= 0.3 is 0 Å². The Kier molecular flexibility index (Phi) is 6.37. The Bertz CT molecular complexity index is 1310. The Morgan fingerprint density at radius 3 is 2.42 bits per heavy atom. The highest BCUT2D eigenvalue weighted by Gasteiger charge is 2.34. The van der Waals surface area contributed by atoms with E-state index in [-0.39, 0.29) is 6.61 Å². The molecule has 36 heavy (non-hydrogen) atoms. The molecule has 1 saturated heterocycles. The van der Waals surface area contributed by atoms with Gasteiger partial charge in [-0.2, -0.15) is 10.2 Å². The molecule has 1 saturated carbocycles. The molecule has 4 aromatic rings. The van der Waals surface area contributed by atoms with Crippen molar-refractivity contribution in [3.63, 3.8) is 0 Å². The van der Waals surface area contributed by atoms with Crippen LogP contribution >= 0.6 is 0 Å². The maximum Gasteiger partial charge on any atom is 0.159 e. The molecule has 8 nitrogen and oxygen atoms in total.